The minimum Gasteiger partial charge on any atom is -0.462 e. The van der Waals surface area contributed by atoms with E-state index in [2.05, 4.69) is 41.5 Å². The molecule has 0 aliphatic rings. The van der Waals surface area contributed by atoms with Gasteiger partial charge in [0.05, 0.1) is 26.4 Å². The largest absolute Gasteiger partial charge is 0.472 e. The van der Waals surface area contributed by atoms with Gasteiger partial charge >= 0.3 is 39.5 Å². The van der Waals surface area contributed by atoms with Gasteiger partial charge in [-0.2, -0.15) is 0 Å². The molecule has 0 aromatic heterocycles. The van der Waals surface area contributed by atoms with Crippen LogP contribution in [0, 0.1) is 11.8 Å². The number of aliphatic hydroxyl groups excluding tert-OH is 1. The summed E-state index contributed by atoms with van der Waals surface area (Å²) in [6.45, 7) is 9.76. The lowest BCUT2D eigenvalue weighted by Crippen LogP contribution is -2.30. The number of hydrogen-bond donors (Lipinski definition) is 3. The van der Waals surface area contributed by atoms with Gasteiger partial charge in [-0.05, 0) is 37.5 Å². The minimum atomic E-state index is -4.97. The molecule has 0 fully saturated rings. The quantitative estimate of drug-likeness (QED) is 0.0222. The van der Waals surface area contributed by atoms with Crippen LogP contribution in [0.5, 0.6) is 0 Å². The van der Waals surface area contributed by atoms with Gasteiger partial charge in [0.2, 0.25) is 0 Å². The van der Waals surface area contributed by atoms with Gasteiger partial charge in [0.25, 0.3) is 0 Å². The summed E-state index contributed by atoms with van der Waals surface area (Å²) in [5.41, 5.74) is 0. The van der Waals surface area contributed by atoms with Gasteiger partial charge in [-0.25, -0.2) is 9.13 Å². The van der Waals surface area contributed by atoms with Crippen molar-refractivity contribution >= 4 is 39.5 Å². The number of esters is 4. The molecule has 0 saturated carbocycles. The number of ether oxygens (including phenoxy) is 4. The third-order valence-corrected chi connectivity index (χ3v) is 22.5. The highest BCUT2D eigenvalue weighted by Crippen LogP contribution is 2.45. The number of phosphoric acid groups is 2. The number of aliphatic hydroxyl groups is 1. The molecule has 3 unspecified atom stereocenters. The number of rotatable bonds is 85. The summed E-state index contributed by atoms with van der Waals surface area (Å²) >= 11 is 0. The minimum absolute atomic E-state index is 0.109. The molecule has 0 aromatic rings. The first-order valence-corrected chi connectivity index (χ1v) is 47.5. The van der Waals surface area contributed by atoms with Crippen LogP contribution in [0.3, 0.4) is 0 Å². The first-order chi connectivity index (χ1) is 50.9. The van der Waals surface area contributed by atoms with Gasteiger partial charge < -0.3 is 33.8 Å². The van der Waals surface area contributed by atoms with E-state index in [0.717, 1.165) is 102 Å². The van der Waals surface area contributed by atoms with E-state index in [0.29, 0.717) is 25.7 Å². The summed E-state index contributed by atoms with van der Waals surface area (Å²) in [6, 6.07) is 0. The zero-order valence-corrected chi connectivity index (χ0v) is 70.8. The molecular weight excluding hydrogens is 1370 g/mol. The van der Waals surface area contributed by atoms with Crippen molar-refractivity contribution in [1.29, 1.82) is 0 Å². The Labute approximate surface area is 645 Å². The van der Waals surface area contributed by atoms with Crippen molar-refractivity contribution < 1.29 is 80.2 Å². The van der Waals surface area contributed by atoms with E-state index in [4.69, 9.17) is 37.0 Å². The summed E-state index contributed by atoms with van der Waals surface area (Å²) in [4.78, 5) is 73.2. The molecule has 0 spiro atoms. The normalized spacial score (nSPS) is 14.1. The van der Waals surface area contributed by atoms with Crippen LogP contribution in [-0.4, -0.2) is 96.7 Å². The zero-order chi connectivity index (χ0) is 77.1. The van der Waals surface area contributed by atoms with Crippen molar-refractivity contribution in [2.45, 2.75) is 477 Å². The first kappa shape index (κ1) is 103. The maximum Gasteiger partial charge on any atom is 0.472 e. The van der Waals surface area contributed by atoms with Crippen LogP contribution in [0.1, 0.15) is 459 Å². The highest BCUT2D eigenvalue weighted by Gasteiger charge is 2.30. The maximum atomic E-state index is 13.1. The first-order valence-electron chi connectivity index (χ1n) is 44.5. The molecular formula is C86H168O17P2. The Kier molecular flexibility index (Phi) is 76.0. The lowest BCUT2D eigenvalue weighted by molar-refractivity contribution is -0.161. The zero-order valence-electron chi connectivity index (χ0n) is 69.0. The van der Waals surface area contributed by atoms with Crippen LogP contribution in [0.2, 0.25) is 0 Å². The van der Waals surface area contributed by atoms with E-state index in [9.17, 15) is 43.2 Å². The van der Waals surface area contributed by atoms with Crippen LogP contribution in [0.25, 0.3) is 0 Å². The Bertz CT molecular complexity index is 2010. The van der Waals surface area contributed by atoms with Crippen molar-refractivity contribution in [2.24, 2.45) is 11.8 Å². The summed E-state index contributed by atoms with van der Waals surface area (Å²) < 4.78 is 68.9. The highest BCUT2D eigenvalue weighted by atomic mass is 31.2. The number of hydrogen-bond acceptors (Lipinski definition) is 15. The van der Waals surface area contributed by atoms with Gasteiger partial charge in [0.1, 0.15) is 19.3 Å². The summed E-state index contributed by atoms with van der Waals surface area (Å²) in [5.74, 6) is -0.429. The lowest BCUT2D eigenvalue weighted by Gasteiger charge is -2.21. The Morgan fingerprint density at radius 3 is 0.724 bits per heavy atom. The molecule has 17 nitrogen and oxygen atoms in total. The molecule has 6 atom stereocenters. The fourth-order valence-corrected chi connectivity index (χ4v) is 15.0. The smallest absolute Gasteiger partial charge is 0.462 e. The van der Waals surface area contributed by atoms with Gasteiger partial charge in [-0.15, -0.1) is 0 Å². The van der Waals surface area contributed by atoms with E-state index in [1.54, 1.807) is 0 Å². The third-order valence-electron chi connectivity index (χ3n) is 20.6. The molecule has 0 saturated heterocycles. The molecule has 0 aromatic carbocycles. The van der Waals surface area contributed by atoms with E-state index < -0.39 is 97.5 Å². The van der Waals surface area contributed by atoms with Crippen molar-refractivity contribution in [1.82, 2.24) is 0 Å². The molecule has 624 valence electrons. The maximum absolute atomic E-state index is 13.1. The Balaban J connectivity index is 5.24. The molecule has 105 heavy (non-hydrogen) atoms. The standard InChI is InChI=1S/C86H168O17P2/c1-7-10-12-14-16-18-20-21-26-34-40-46-52-58-64-70-85(90)102-81(74-96-83(88)68-62-56-50-44-36-19-17-15-13-11-8-2)76-100-104(92,93)98-72-80(87)73-99-105(94,95)101-77-82(75-97-84(89)69-63-57-51-45-39-33-30-29-32-38-43-49-55-61-67-79(6)9-3)103-86(91)71-65-59-53-47-41-35-28-25-23-22-24-27-31-37-42-48-54-60-66-78(4)5/h78-82,87H,7-77H2,1-6H3,(H,92,93)(H,94,95)/t79?,80-,81+,82+/m0/s1. The van der Waals surface area contributed by atoms with E-state index >= 15 is 0 Å². The molecule has 0 amide bonds. The average molecular weight is 1540 g/mol. The van der Waals surface area contributed by atoms with Crippen molar-refractivity contribution in [3.8, 4) is 0 Å². The molecule has 0 aliphatic carbocycles. The highest BCUT2D eigenvalue weighted by molar-refractivity contribution is 7.47. The van der Waals surface area contributed by atoms with Crippen molar-refractivity contribution in [3.63, 3.8) is 0 Å². The fraction of sp³-hybridized carbons (Fsp3) is 0.953. The molecule has 0 heterocycles. The van der Waals surface area contributed by atoms with E-state index in [1.807, 2.05) is 0 Å². The molecule has 0 radical (unpaired) electrons. The van der Waals surface area contributed by atoms with Crippen molar-refractivity contribution in [3.05, 3.63) is 0 Å². The fourth-order valence-electron chi connectivity index (χ4n) is 13.4. The van der Waals surface area contributed by atoms with Crippen LogP contribution in [-0.2, 0) is 65.4 Å². The topological polar surface area (TPSA) is 237 Å². The van der Waals surface area contributed by atoms with Crippen LogP contribution >= 0.6 is 15.6 Å². The van der Waals surface area contributed by atoms with Crippen LogP contribution < -0.4 is 0 Å². The number of phosphoric ester groups is 2. The Morgan fingerprint density at radius 2 is 0.486 bits per heavy atom. The number of carbonyl (C=O) groups excluding carboxylic acids is 4. The summed E-state index contributed by atoms with van der Waals surface area (Å²) in [6.07, 6.45) is 69.2. The molecule has 19 heteroatoms. The van der Waals surface area contributed by atoms with Gasteiger partial charge in [-0.1, -0.05) is 408 Å². The van der Waals surface area contributed by atoms with E-state index in [-0.39, 0.29) is 25.7 Å². The van der Waals surface area contributed by atoms with E-state index in [1.165, 1.54) is 276 Å². The second-order valence-corrected chi connectivity index (χ2v) is 34.6. The SMILES string of the molecule is CCCCCCCCCCCCCCCCCC(=O)O[C@H](COC(=O)CCCCCCCCCCCCC)COP(=O)(O)OC[C@H](O)COP(=O)(O)OC[C@@H](COC(=O)CCCCCCCCCCCCCCCCC(C)CC)OC(=O)CCCCCCCCCCCCCCCCCCCCC(C)C. The van der Waals surface area contributed by atoms with Crippen molar-refractivity contribution in [2.75, 3.05) is 39.6 Å². The number of unbranched alkanes of at least 4 members (excludes halogenated alkanes) is 54. The Hall–Kier alpha value is -1.94. The van der Waals surface area contributed by atoms with Gasteiger partial charge in [0, 0.05) is 25.7 Å². The second kappa shape index (κ2) is 77.4. The van der Waals surface area contributed by atoms with Crippen LogP contribution in [0.15, 0.2) is 0 Å². The molecule has 0 bridgehead atoms. The second-order valence-electron chi connectivity index (χ2n) is 31.6. The molecule has 0 aliphatic heterocycles. The molecule has 3 N–H and O–H groups in total. The number of carbonyl (C=O) groups is 4. The predicted molar refractivity (Wildman–Crippen MR) is 432 cm³/mol. The summed E-state index contributed by atoms with van der Waals surface area (Å²) in [7, 11) is -9.93. The summed E-state index contributed by atoms with van der Waals surface area (Å²) in [5, 5.41) is 10.7. The average Bonchev–Trinajstić information content (AvgIpc) is 0.919. The lowest BCUT2D eigenvalue weighted by atomic mass is 9.99. The van der Waals surface area contributed by atoms with Gasteiger partial charge in [-0.3, -0.25) is 37.3 Å². The monoisotopic (exact) mass is 1540 g/mol. The van der Waals surface area contributed by atoms with Crippen LogP contribution in [0.4, 0.5) is 0 Å². The van der Waals surface area contributed by atoms with Gasteiger partial charge in [0.15, 0.2) is 12.2 Å². The predicted octanol–water partition coefficient (Wildman–Crippen LogP) is 26.2. The Morgan fingerprint density at radius 1 is 0.276 bits per heavy atom. The third kappa shape index (κ3) is 78.5. The molecule has 0 rings (SSSR count).